The number of carbonyl (C=O) groups excluding carboxylic acids is 1. The molecule has 3 aromatic rings. The number of nitrogens with one attached hydrogen (secondary N) is 1. The predicted octanol–water partition coefficient (Wildman–Crippen LogP) is 1.34. The molecule has 1 amide bonds. The minimum atomic E-state index is -0.325. The summed E-state index contributed by atoms with van der Waals surface area (Å²) in [6, 6.07) is 7.02. The van der Waals surface area contributed by atoms with E-state index in [4.69, 9.17) is 9.47 Å². The van der Waals surface area contributed by atoms with Gasteiger partial charge in [0.1, 0.15) is 23.3 Å². The lowest BCUT2D eigenvalue weighted by Crippen LogP contribution is -2.36. The molecule has 1 fully saturated rings. The summed E-state index contributed by atoms with van der Waals surface area (Å²) < 4.78 is 12.2. The number of carbonyl (C=O) groups is 1. The summed E-state index contributed by atoms with van der Waals surface area (Å²) in [6.45, 7) is 2.60. The van der Waals surface area contributed by atoms with Crippen LogP contribution in [-0.2, 0) is 16.1 Å². The zero-order valence-electron chi connectivity index (χ0n) is 15.3. The zero-order chi connectivity index (χ0) is 19.5. The summed E-state index contributed by atoms with van der Waals surface area (Å²) in [4.78, 5) is 35.9. The Morgan fingerprint density at radius 1 is 1.36 bits per heavy atom. The van der Waals surface area contributed by atoms with E-state index >= 15 is 0 Å². The lowest BCUT2D eigenvalue weighted by molar-refractivity contribution is -0.116. The molecule has 0 saturated carbocycles. The predicted molar refractivity (Wildman–Crippen MR) is 106 cm³/mol. The average Bonchev–Trinajstić information content (AvgIpc) is 3.16. The number of aromatic nitrogens is 3. The Bertz CT molecular complexity index is 1060. The Kier molecular flexibility index (Phi) is 5.22. The number of amides is 1. The number of methoxy groups -OCH3 is 1. The first-order valence-corrected chi connectivity index (χ1v) is 9.58. The summed E-state index contributed by atoms with van der Waals surface area (Å²) in [6.07, 6.45) is 1.36. The zero-order valence-corrected chi connectivity index (χ0v) is 16.1. The summed E-state index contributed by atoms with van der Waals surface area (Å²) in [5.74, 6) is 0.313. The fraction of sp³-hybridized carbons (Fsp3) is 0.333. The van der Waals surface area contributed by atoms with E-state index in [9.17, 15) is 9.59 Å². The Morgan fingerprint density at radius 2 is 2.18 bits per heavy atom. The van der Waals surface area contributed by atoms with Crippen molar-refractivity contribution in [2.24, 2.45) is 0 Å². The van der Waals surface area contributed by atoms with E-state index in [-0.39, 0.29) is 18.0 Å². The summed E-state index contributed by atoms with van der Waals surface area (Å²) in [7, 11) is 1.56. The number of ether oxygens (including phenoxy) is 2. The Labute approximate surface area is 164 Å². The number of benzene rings is 1. The lowest BCUT2D eigenvalue weighted by atomic mass is 10.3. The smallest absolute Gasteiger partial charge is 0.273 e. The highest BCUT2D eigenvalue weighted by Gasteiger charge is 2.18. The molecule has 1 N–H and O–H groups in total. The Hall–Kier alpha value is -2.98. The molecule has 1 aliphatic heterocycles. The SMILES string of the molecule is COc1cccc(NC(=O)Cn2cnc3nc(N4CCOCC4)sc3c2=O)c1. The van der Waals surface area contributed by atoms with Gasteiger partial charge in [-0.1, -0.05) is 17.4 Å². The minimum Gasteiger partial charge on any atom is -0.497 e. The maximum absolute atomic E-state index is 12.8. The molecule has 4 rings (SSSR count). The fourth-order valence-corrected chi connectivity index (χ4v) is 3.91. The van der Waals surface area contributed by atoms with Crippen molar-refractivity contribution < 1.29 is 14.3 Å². The van der Waals surface area contributed by atoms with Crippen LogP contribution in [0.25, 0.3) is 10.3 Å². The second-order valence-electron chi connectivity index (χ2n) is 6.21. The van der Waals surface area contributed by atoms with Crippen molar-refractivity contribution in [3.05, 3.63) is 40.9 Å². The molecule has 146 valence electrons. The van der Waals surface area contributed by atoms with Crippen LogP contribution in [0.4, 0.5) is 10.8 Å². The van der Waals surface area contributed by atoms with Gasteiger partial charge in [0.2, 0.25) is 5.91 Å². The van der Waals surface area contributed by atoms with E-state index in [1.54, 1.807) is 31.4 Å². The highest BCUT2D eigenvalue weighted by Crippen LogP contribution is 2.25. The summed E-state index contributed by atoms with van der Waals surface area (Å²) in [5, 5.41) is 3.51. The van der Waals surface area contributed by atoms with E-state index in [0.29, 0.717) is 35.0 Å². The highest BCUT2D eigenvalue weighted by atomic mass is 32.1. The molecular weight excluding hydrogens is 382 g/mol. The maximum atomic E-state index is 12.8. The molecule has 0 radical (unpaired) electrons. The molecule has 28 heavy (non-hydrogen) atoms. The van der Waals surface area contributed by atoms with Gasteiger partial charge in [-0.05, 0) is 12.1 Å². The highest BCUT2D eigenvalue weighted by molar-refractivity contribution is 7.22. The van der Waals surface area contributed by atoms with Gasteiger partial charge in [0, 0.05) is 24.8 Å². The van der Waals surface area contributed by atoms with Crippen LogP contribution in [0.3, 0.4) is 0 Å². The monoisotopic (exact) mass is 401 g/mol. The normalized spacial score (nSPS) is 14.2. The van der Waals surface area contributed by atoms with Crippen LogP contribution >= 0.6 is 11.3 Å². The van der Waals surface area contributed by atoms with Gasteiger partial charge in [-0.15, -0.1) is 0 Å². The van der Waals surface area contributed by atoms with Crippen molar-refractivity contribution in [1.29, 1.82) is 0 Å². The van der Waals surface area contributed by atoms with E-state index in [2.05, 4.69) is 20.2 Å². The van der Waals surface area contributed by atoms with Gasteiger partial charge in [0.15, 0.2) is 10.8 Å². The molecule has 10 heteroatoms. The summed E-state index contributed by atoms with van der Waals surface area (Å²) >= 11 is 1.30. The quantitative estimate of drug-likeness (QED) is 0.689. The molecule has 0 bridgehead atoms. The third-order valence-corrected chi connectivity index (χ3v) is 5.41. The van der Waals surface area contributed by atoms with Crippen LogP contribution in [-0.4, -0.2) is 53.9 Å². The number of rotatable bonds is 5. The van der Waals surface area contributed by atoms with E-state index in [0.717, 1.165) is 18.2 Å². The largest absolute Gasteiger partial charge is 0.497 e. The molecule has 0 unspecified atom stereocenters. The standard InChI is InChI=1S/C18H19N5O4S/c1-26-13-4-2-3-12(9-13)20-14(24)10-23-11-19-16-15(17(23)25)28-18(21-16)22-5-7-27-8-6-22/h2-4,9,11H,5-8,10H2,1H3,(H,20,24). The van der Waals surface area contributed by atoms with Gasteiger partial charge >= 0.3 is 0 Å². The molecule has 1 aliphatic rings. The molecule has 0 spiro atoms. The van der Waals surface area contributed by atoms with Crippen LogP contribution in [0.1, 0.15) is 0 Å². The summed E-state index contributed by atoms with van der Waals surface area (Å²) in [5.41, 5.74) is 0.725. The minimum absolute atomic E-state index is 0.135. The van der Waals surface area contributed by atoms with Crippen LogP contribution in [0, 0.1) is 0 Å². The van der Waals surface area contributed by atoms with Gasteiger partial charge < -0.3 is 19.7 Å². The molecule has 0 atom stereocenters. The Balaban J connectivity index is 1.52. The van der Waals surface area contributed by atoms with E-state index in [1.165, 1.54) is 22.2 Å². The molecule has 0 aliphatic carbocycles. The molecule has 2 aromatic heterocycles. The number of hydrogen-bond donors (Lipinski definition) is 1. The molecule has 1 saturated heterocycles. The van der Waals surface area contributed by atoms with Crippen molar-refractivity contribution in [3.63, 3.8) is 0 Å². The molecule has 9 nitrogen and oxygen atoms in total. The average molecular weight is 401 g/mol. The number of hydrogen-bond acceptors (Lipinski definition) is 8. The van der Waals surface area contributed by atoms with Crippen LogP contribution in [0.15, 0.2) is 35.4 Å². The number of nitrogens with zero attached hydrogens (tertiary/aromatic N) is 4. The first-order chi connectivity index (χ1) is 13.6. The lowest BCUT2D eigenvalue weighted by Gasteiger charge is -2.25. The number of fused-ring (bicyclic) bond motifs is 1. The molecule has 1 aromatic carbocycles. The van der Waals surface area contributed by atoms with Crippen molar-refractivity contribution in [2.75, 3.05) is 43.6 Å². The number of thiazole rings is 1. The first-order valence-electron chi connectivity index (χ1n) is 8.76. The second kappa shape index (κ2) is 7.95. The van der Waals surface area contributed by atoms with Crippen molar-refractivity contribution in [1.82, 2.24) is 14.5 Å². The van der Waals surface area contributed by atoms with Gasteiger partial charge in [-0.2, -0.15) is 4.98 Å². The third kappa shape index (κ3) is 3.82. The van der Waals surface area contributed by atoms with E-state index < -0.39 is 0 Å². The fourth-order valence-electron chi connectivity index (χ4n) is 2.89. The number of morpholine rings is 1. The number of anilines is 2. The second-order valence-corrected chi connectivity index (χ2v) is 7.18. The van der Waals surface area contributed by atoms with Gasteiger partial charge in [0.25, 0.3) is 5.56 Å². The van der Waals surface area contributed by atoms with Crippen molar-refractivity contribution in [2.45, 2.75) is 6.54 Å². The van der Waals surface area contributed by atoms with Gasteiger partial charge in [0.05, 0.1) is 20.3 Å². The maximum Gasteiger partial charge on any atom is 0.273 e. The van der Waals surface area contributed by atoms with E-state index in [1.807, 2.05) is 0 Å². The first kappa shape index (κ1) is 18.4. The van der Waals surface area contributed by atoms with Crippen molar-refractivity contribution >= 4 is 38.4 Å². The molecule has 3 heterocycles. The van der Waals surface area contributed by atoms with Crippen LogP contribution < -0.4 is 20.5 Å². The Morgan fingerprint density at radius 3 is 2.96 bits per heavy atom. The third-order valence-electron chi connectivity index (χ3n) is 4.32. The van der Waals surface area contributed by atoms with Gasteiger partial charge in [-0.3, -0.25) is 14.2 Å². The molecular formula is C18H19N5O4S. The topological polar surface area (TPSA) is 98.6 Å². The van der Waals surface area contributed by atoms with Gasteiger partial charge in [-0.25, -0.2) is 4.98 Å². The van der Waals surface area contributed by atoms with Crippen LogP contribution in [0.2, 0.25) is 0 Å². The van der Waals surface area contributed by atoms with Crippen molar-refractivity contribution in [3.8, 4) is 5.75 Å². The van der Waals surface area contributed by atoms with Crippen LogP contribution in [0.5, 0.6) is 5.75 Å².